The predicted octanol–water partition coefficient (Wildman–Crippen LogP) is 4.41. The molecular formula is C17H12Cl2N4O2. The minimum atomic E-state index is 0.0782. The summed E-state index contributed by atoms with van der Waals surface area (Å²) in [4.78, 5) is 0. The molecule has 0 saturated carbocycles. The molecule has 0 fully saturated rings. The zero-order valence-corrected chi connectivity index (χ0v) is 14.3. The van der Waals surface area contributed by atoms with Gasteiger partial charge in [0, 0.05) is 10.4 Å². The molecule has 2 aromatic carbocycles. The number of aromatic amines is 1. The van der Waals surface area contributed by atoms with Crippen LogP contribution in [0.1, 0.15) is 11.1 Å². The highest BCUT2D eigenvalue weighted by molar-refractivity contribution is 6.32. The third-order valence-electron chi connectivity index (χ3n) is 3.95. The standard InChI is InChI=1S/C17H12Cl2N4O2/c18-12-6-11-8-16(17-20-22-23-21-17)25-15(11)7-10(12)3-1-9-2-4-14(24)13(19)5-9/h2,4-8,24H,1,3H2,(H,20,21,22,23). The monoisotopic (exact) mass is 374 g/mol. The molecule has 0 radical (unpaired) electrons. The van der Waals surface area contributed by atoms with Gasteiger partial charge < -0.3 is 9.52 Å². The maximum absolute atomic E-state index is 9.49. The molecule has 0 saturated heterocycles. The Morgan fingerprint density at radius 1 is 1.04 bits per heavy atom. The molecule has 0 aliphatic rings. The first-order valence-corrected chi connectivity index (χ1v) is 8.29. The van der Waals surface area contributed by atoms with Crippen molar-refractivity contribution in [3.8, 4) is 17.3 Å². The van der Waals surface area contributed by atoms with Crippen LogP contribution in [0, 0.1) is 0 Å². The van der Waals surface area contributed by atoms with Crippen molar-refractivity contribution in [2.45, 2.75) is 12.8 Å². The summed E-state index contributed by atoms with van der Waals surface area (Å²) in [6, 6.07) is 10.8. The molecule has 2 heterocycles. The van der Waals surface area contributed by atoms with Gasteiger partial charge in [-0.2, -0.15) is 5.21 Å². The topological polar surface area (TPSA) is 87.8 Å². The van der Waals surface area contributed by atoms with Gasteiger partial charge in [0.05, 0.1) is 5.02 Å². The van der Waals surface area contributed by atoms with Crippen LogP contribution < -0.4 is 0 Å². The second-order valence-corrected chi connectivity index (χ2v) is 6.43. The lowest BCUT2D eigenvalue weighted by molar-refractivity contribution is 0.475. The van der Waals surface area contributed by atoms with E-state index in [1.807, 2.05) is 24.3 Å². The van der Waals surface area contributed by atoms with Crippen molar-refractivity contribution in [2.24, 2.45) is 0 Å². The number of fused-ring (bicyclic) bond motifs is 1. The summed E-state index contributed by atoms with van der Waals surface area (Å²) in [5.41, 5.74) is 2.70. The quantitative estimate of drug-likeness (QED) is 0.552. The van der Waals surface area contributed by atoms with Crippen LogP contribution in [0.4, 0.5) is 0 Å². The molecule has 25 heavy (non-hydrogen) atoms. The number of benzene rings is 2. The van der Waals surface area contributed by atoms with E-state index in [1.54, 1.807) is 12.1 Å². The van der Waals surface area contributed by atoms with Gasteiger partial charge in [-0.15, -0.1) is 10.2 Å². The van der Waals surface area contributed by atoms with E-state index in [9.17, 15) is 5.11 Å². The van der Waals surface area contributed by atoms with Crippen LogP contribution >= 0.6 is 23.2 Å². The number of aryl methyl sites for hydroxylation is 2. The van der Waals surface area contributed by atoms with E-state index in [1.165, 1.54) is 0 Å². The molecule has 0 atom stereocenters. The fourth-order valence-electron chi connectivity index (χ4n) is 2.65. The number of tetrazole rings is 1. The molecule has 0 amide bonds. The van der Waals surface area contributed by atoms with E-state index in [0.29, 0.717) is 33.6 Å². The van der Waals surface area contributed by atoms with Crippen molar-refractivity contribution in [2.75, 3.05) is 0 Å². The number of aromatic nitrogens is 4. The second-order valence-electron chi connectivity index (χ2n) is 5.61. The van der Waals surface area contributed by atoms with Crippen LogP contribution in [0.5, 0.6) is 5.75 Å². The van der Waals surface area contributed by atoms with Crippen LogP contribution in [-0.4, -0.2) is 25.7 Å². The molecule has 2 N–H and O–H groups in total. The molecule has 2 aromatic heterocycles. The number of halogens is 2. The van der Waals surface area contributed by atoms with Gasteiger partial charge in [-0.25, -0.2) is 0 Å². The minimum Gasteiger partial charge on any atom is -0.506 e. The SMILES string of the molecule is Oc1ccc(CCc2cc3oc(-c4nn[nH]n4)cc3cc2Cl)cc1Cl. The van der Waals surface area contributed by atoms with Crippen LogP contribution in [0.2, 0.25) is 10.0 Å². The van der Waals surface area contributed by atoms with Gasteiger partial charge in [-0.05, 0) is 59.5 Å². The van der Waals surface area contributed by atoms with Crippen LogP contribution in [-0.2, 0) is 12.8 Å². The Balaban J connectivity index is 1.60. The van der Waals surface area contributed by atoms with Gasteiger partial charge in [0.1, 0.15) is 11.3 Å². The predicted molar refractivity (Wildman–Crippen MR) is 94.9 cm³/mol. The smallest absolute Gasteiger partial charge is 0.239 e. The van der Waals surface area contributed by atoms with Crippen molar-refractivity contribution in [1.82, 2.24) is 20.6 Å². The second kappa shape index (κ2) is 6.38. The summed E-state index contributed by atoms with van der Waals surface area (Å²) in [6.45, 7) is 0. The Hall–Kier alpha value is -2.57. The van der Waals surface area contributed by atoms with Crippen LogP contribution in [0.25, 0.3) is 22.6 Å². The van der Waals surface area contributed by atoms with Crippen LogP contribution in [0.3, 0.4) is 0 Å². The van der Waals surface area contributed by atoms with Crippen molar-refractivity contribution < 1.29 is 9.52 Å². The van der Waals surface area contributed by atoms with Gasteiger partial charge in [0.25, 0.3) is 0 Å². The Morgan fingerprint density at radius 2 is 1.92 bits per heavy atom. The lowest BCUT2D eigenvalue weighted by Gasteiger charge is -2.06. The molecule has 6 nitrogen and oxygen atoms in total. The molecule has 8 heteroatoms. The Labute approximate surface area is 152 Å². The van der Waals surface area contributed by atoms with E-state index in [-0.39, 0.29) is 5.75 Å². The fraction of sp³-hybridized carbons (Fsp3) is 0.118. The highest BCUT2D eigenvalue weighted by Crippen LogP contribution is 2.31. The number of H-pyrrole nitrogens is 1. The van der Waals surface area contributed by atoms with Gasteiger partial charge in [0.2, 0.25) is 5.82 Å². The summed E-state index contributed by atoms with van der Waals surface area (Å²) in [7, 11) is 0. The number of hydrogen-bond donors (Lipinski definition) is 2. The average molecular weight is 375 g/mol. The molecule has 4 rings (SSSR count). The summed E-state index contributed by atoms with van der Waals surface area (Å²) >= 11 is 12.3. The molecule has 0 aliphatic heterocycles. The zero-order valence-electron chi connectivity index (χ0n) is 12.8. The lowest BCUT2D eigenvalue weighted by atomic mass is 10.0. The van der Waals surface area contributed by atoms with Gasteiger partial charge in [-0.1, -0.05) is 29.3 Å². The number of rotatable bonds is 4. The summed E-state index contributed by atoms with van der Waals surface area (Å²) < 4.78 is 5.80. The van der Waals surface area contributed by atoms with E-state index in [4.69, 9.17) is 27.6 Å². The summed E-state index contributed by atoms with van der Waals surface area (Å²) in [5.74, 6) is 1.00. The van der Waals surface area contributed by atoms with Crippen molar-refractivity contribution >= 4 is 34.2 Å². The molecule has 126 valence electrons. The molecule has 0 bridgehead atoms. The lowest BCUT2D eigenvalue weighted by Crippen LogP contribution is -1.92. The van der Waals surface area contributed by atoms with Crippen molar-refractivity contribution in [3.63, 3.8) is 0 Å². The van der Waals surface area contributed by atoms with E-state index in [2.05, 4.69) is 20.6 Å². The maximum atomic E-state index is 9.49. The maximum Gasteiger partial charge on any atom is 0.239 e. The molecule has 4 aromatic rings. The molecule has 0 aliphatic carbocycles. The van der Waals surface area contributed by atoms with E-state index >= 15 is 0 Å². The van der Waals surface area contributed by atoms with Crippen molar-refractivity contribution in [1.29, 1.82) is 0 Å². The van der Waals surface area contributed by atoms with Gasteiger partial charge in [-0.3, -0.25) is 0 Å². The zero-order chi connectivity index (χ0) is 17.4. The summed E-state index contributed by atoms with van der Waals surface area (Å²) in [6.07, 6.45) is 1.46. The number of phenols is 1. The molecule has 0 unspecified atom stereocenters. The average Bonchev–Trinajstić information content (AvgIpc) is 3.24. The number of phenolic OH excluding ortho intramolecular Hbond substituents is 1. The number of aromatic hydroxyl groups is 1. The Morgan fingerprint density at radius 3 is 2.68 bits per heavy atom. The highest BCUT2D eigenvalue weighted by atomic mass is 35.5. The minimum absolute atomic E-state index is 0.0782. The Bertz CT molecular complexity index is 1040. The van der Waals surface area contributed by atoms with Crippen molar-refractivity contribution in [3.05, 3.63) is 57.6 Å². The fourth-order valence-corrected chi connectivity index (χ4v) is 3.12. The third-order valence-corrected chi connectivity index (χ3v) is 4.60. The largest absolute Gasteiger partial charge is 0.506 e. The van der Waals surface area contributed by atoms with E-state index < -0.39 is 0 Å². The number of hydrogen-bond acceptors (Lipinski definition) is 5. The first kappa shape index (κ1) is 15.9. The first-order chi connectivity index (χ1) is 12.1. The summed E-state index contributed by atoms with van der Waals surface area (Å²) in [5, 5.41) is 25.1. The Kier molecular flexibility index (Phi) is 4.07. The molecular weight excluding hydrogens is 363 g/mol. The number of furan rings is 1. The molecule has 0 spiro atoms. The van der Waals surface area contributed by atoms with Crippen LogP contribution in [0.15, 0.2) is 40.8 Å². The normalized spacial score (nSPS) is 11.3. The van der Waals surface area contributed by atoms with Gasteiger partial charge in [0.15, 0.2) is 5.76 Å². The van der Waals surface area contributed by atoms with E-state index in [0.717, 1.165) is 22.9 Å². The number of nitrogens with one attached hydrogen (secondary N) is 1. The number of nitrogens with zero attached hydrogens (tertiary/aromatic N) is 3. The third kappa shape index (κ3) is 3.18. The first-order valence-electron chi connectivity index (χ1n) is 7.53. The van der Waals surface area contributed by atoms with Gasteiger partial charge >= 0.3 is 0 Å². The highest BCUT2D eigenvalue weighted by Gasteiger charge is 2.13.